The summed E-state index contributed by atoms with van der Waals surface area (Å²) >= 11 is 16.8. The van der Waals surface area contributed by atoms with E-state index in [1.54, 1.807) is 48.5 Å². The molecule has 1 heterocycles. The number of hydrogen-bond acceptors (Lipinski definition) is 8. The van der Waals surface area contributed by atoms with Crippen molar-refractivity contribution >= 4 is 52.9 Å². The number of hydrazone groups is 1. The molecule has 12 heteroatoms. The molecule has 0 aliphatic rings. The van der Waals surface area contributed by atoms with Gasteiger partial charge in [0.1, 0.15) is 17.5 Å². The molecular weight excluding hydrogens is 471 g/mol. The molecule has 9 nitrogen and oxygen atoms in total. The lowest BCUT2D eigenvalue weighted by molar-refractivity contribution is -0.113. The molecule has 1 aromatic heterocycles. The van der Waals surface area contributed by atoms with Crippen molar-refractivity contribution in [2.75, 3.05) is 11.3 Å². The number of anilines is 1. The Hall–Kier alpha value is -3.70. The highest BCUT2D eigenvalue weighted by Crippen LogP contribution is 2.26. The van der Waals surface area contributed by atoms with Crippen molar-refractivity contribution in [2.24, 2.45) is 5.10 Å². The molecule has 32 heavy (non-hydrogen) atoms. The van der Waals surface area contributed by atoms with Gasteiger partial charge in [-0.2, -0.15) is 25.4 Å². The van der Waals surface area contributed by atoms with Gasteiger partial charge in [-0.25, -0.2) is 5.43 Å². The van der Waals surface area contributed by atoms with Gasteiger partial charge in [0, 0.05) is 10.0 Å². The predicted octanol–water partition coefficient (Wildman–Crippen LogP) is 3.91. The maximum absolute atomic E-state index is 13.4. The second kappa shape index (κ2) is 10.1. The quantitative estimate of drug-likeness (QED) is 0.199. The van der Waals surface area contributed by atoms with Crippen molar-refractivity contribution in [2.45, 2.75) is 11.8 Å². The van der Waals surface area contributed by atoms with Crippen LogP contribution in [0.2, 0.25) is 10.0 Å². The van der Waals surface area contributed by atoms with Crippen molar-refractivity contribution in [3.05, 3.63) is 74.5 Å². The zero-order valence-corrected chi connectivity index (χ0v) is 18.5. The van der Waals surface area contributed by atoms with Gasteiger partial charge in [0.15, 0.2) is 0 Å². The lowest BCUT2D eigenvalue weighted by Crippen LogP contribution is -2.28. The summed E-state index contributed by atoms with van der Waals surface area (Å²) in [4.78, 5) is 18.3. The summed E-state index contributed by atoms with van der Waals surface area (Å²) in [7, 11) is 0. The average Bonchev–Trinajstić information content (AvgIpc) is 3.10. The van der Waals surface area contributed by atoms with Crippen LogP contribution in [-0.2, 0) is 4.79 Å². The van der Waals surface area contributed by atoms with Crippen LogP contribution in [0.5, 0.6) is 0 Å². The Labute approximate surface area is 197 Å². The van der Waals surface area contributed by atoms with E-state index >= 15 is 0 Å². The van der Waals surface area contributed by atoms with Crippen molar-refractivity contribution < 1.29 is 4.79 Å². The Bertz CT molecular complexity index is 1300. The van der Waals surface area contributed by atoms with Gasteiger partial charge in [-0.05, 0) is 47.6 Å². The van der Waals surface area contributed by atoms with Crippen molar-refractivity contribution in [3.63, 3.8) is 0 Å². The molecule has 0 bridgehead atoms. The minimum absolute atomic E-state index is 0.00750. The van der Waals surface area contributed by atoms with Crippen LogP contribution in [0.3, 0.4) is 0 Å². The molecule has 4 N–H and O–H groups in total. The normalized spacial score (nSPS) is 12.9. The summed E-state index contributed by atoms with van der Waals surface area (Å²) in [6, 6.07) is 16.7. The van der Waals surface area contributed by atoms with E-state index in [0.29, 0.717) is 21.2 Å². The van der Waals surface area contributed by atoms with E-state index in [0.717, 1.165) is 4.79 Å². The number of aromatic nitrogens is 3. The van der Waals surface area contributed by atoms with Gasteiger partial charge in [0.05, 0.1) is 12.1 Å². The SMILES string of the molecule is N#CC(C(=O)/C(=N\Nc1nc(=S)[nH]n1N)C(C#N)c1ccc(Cl)cc1)c1ccc(Cl)cc1. The van der Waals surface area contributed by atoms with E-state index in [1.807, 2.05) is 6.07 Å². The highest BCUT2D eigenvalue weighted by molar-refractivity contribution is 7.71. The first kappa shape index (κ1) is 23.0. The van der Waals surface area contributed by atoms with Gasteiger partial charge in [-0.3, -0.25) is 9.89 Å². The molecule has 2 unspecified atom stereocenters. The van der Waals surface area contributed by atoms with Crippen LogP contribution in [0.1, 0.15) is 23.0 Å². The molecule has 0 saturated carbocycles. The van der Waals surface area contributed by atoms with E-state index in [1.165, 1.54) is 0 Å². The Kier molecular flexibility index (Phi) is 7.23. The van der Waals surface area contributed by atoms with Crippen LogP contribution >= 0.6 is 35.4 Å². The van der Waals surface area contributed by atoms with E-state index < -0.39 is 17.6 Å². The third kappa shape index (κ3) is 5.13. The predicted molar refractivity (Wildman–Crippen MR) is 123 cm³/mol. The van der Waals surface area contributed by atoms with Crippen LogP contribution in [0.25, 0.3) is 0 Å². The monoisotopic (exact) mass is 484 g/mol. The number of aromatic amines is 1. The molecule has 160 valence electrons. The van der Waals surface area contributed by atoms with E-state index in [2.05, 4.69) is 26.7 Å². The fourth-order valence-electron chi connectivity index (χ4n) is 2.82. The third-order valence-corrected chi connectivity index (χ3v) is 5.07. The standard InChI is InChI=1S/C20H14Cl2N8OS/c21-13-5-1-11(2-6-13)15(9-23)17(27-28-19-26-20(32)29-30(19)25)18(31)16(10-24)12-3-7-14(22)8-4-12/h1-8,15-16H,25H2,(H2,26,28,29,32)/b27-17-. The highest BCUT2D eigenvalue weighted by atomic mass is 35.5. The third-order valence-electron chi connectivity index (χ3n) is 4.38. The molecule has 0 amide bonds. The Morgan fingerprint density at radius 1 is 1.06 bits per heavy atom. The van der Waals surface area contributed by atoms with Crippen LogP contribution < -0.4 is 11.3 Å². The molecule has 2 atom stereocenters. The number of halogens is 2. The Morgan fingerprint density at radius 2 is 1.56 bits per heavy atom. The number of carbonyl (C=O) groups is 1. The summed E-state index contributed by atoms with van der Waals surface area (Å²) in [5, 5.41) is 27.2. The second-order valence-electron chi connectivity index (χ2n) is 6.42. The van der Waals surface area contributed by atoms with Gasteiger partial charge < -0.3 is 5.84 Å². The van der Waals surface area contributed by atoms with Crippen LogP contribution in [0, 0.1) is 27.4 Å². The molecule has 0 saturated heterocycles. The Morgan fingerprint density at radius 3 is 2.00 bits per heavy atom. The molecular formula is C20H14Cl2N8OS. The number of nitrogens with one attached hydrogen (secondary N) is 2. The first-order valence-electron chi connectivity index (χ1n) is 8.96. The van der Waals surface area contributed by atoms with Gasteiger partial charge in [0.2, 0.25) is 10.6 Å². The lowest BCUT2D eigenvalue weighted by atomic mass is 9.86. The fourth-order valence-corrected chi connectivity index (χ4v) is 3.26. The molecule has 0 spiro atoms. The number of nitriles is 2. The molecule has 2 aromatic carbocycles. The molecule has 3 rings (SSSR count). The molecule has 0 radical (unpaired) electrons. The minimum atomic E-state index is -1.23. The molecule has 0 aliphatic carbocycles. The second-order valence-corrected chi connectivity index (χ2v) is 7.68. The first-order valence-corrected chi connectivity index (χ1v) is 10.1. The van der Waals surface area contributed by atoms with Crippen molar-refractivity contribution in [1.29, 1.82) is 10.5 Å². The molecule has 0 fully saturated rings. The van der Waals surface area contributed by atoms with Gasteiger partial charge in [0.25, 0.3) is 5.95 Å². The smallest absolute Gasteiger partial charge is 0.261 e. The summed E-state index contributed by atoms with van der Waals surface area (Å²) < 4.78 is 0.0867. The number of ketones is 1. The van der Waals surface area contributed by atoms with Crippen LogP contribution in [0.4, 0.5) is 5.95 Å². The topological polar surface area (TPSA) is 149 Å². The summed E-state index contributed by atoms with van der Waals surface area (Å²) in [5.41, 5.74) is 3.19. The molecule has 3 aromatic rings. The summed E-state index contributed by atoms with van der Waals surface area (Å²) in [6.45, 7) is 0. The number of H-pyrrole nitrogens is 1. The highest BCUT2D eigenvalue weighted by Gasteiger charge is 2.32. The summed E-state index contributed by atoms with van der Waals surface area (Å²) in [5.74, 6) is 2.70. The number of Topliss-reactive ketones (excluding diaryl/α,β-unsaturated/α-hetero) is 1. The number of rotatable bonds is 7. The van der Waals surface area contributed by atoms with E-state index in [4.69, 9.17) is 41.3 Å². The maximum Gasteiger partial charge on any atom is 0.261 e. The number of carbonyl (C=O) groups excluding carboxylic acids is 1. The number of nitrogens with zero attached hydrogens (tertiary/aromatic N) is 5. The van der Waals surface area contributed by atoms with Crippen molar-refractivity contribution in [1.82, 2.24) is 14.9 Å². The average molecular weight is 485 g/mol. The van der Waals surface area contributed by atoms with Crippen LogP contribution in [0.15, 0.2) is 53.6 Å². The minimum Gasteiger partial charge on any atom is -0.321 e. The summed E-state index contributed by atoms with van der Waals surface area (Å²) in [6.07, 6.45) is 0. The number of benzene rings is 2. The zero-order valence-electron chi connectivity index (χ0n) is 16.2. The largest absolute Gasteiger partial charge is 0.321 e. The number of nitrogen functional groups attached to an aromatic ring is 1. The fraction of sp³-hybridized carbons (Fsp3) is 0.100. The van der Waals surface area contributed by atoms with E-state index in [-0.39, 0.29) is 16.4 Å². The van der Waals surface area contributed by atoms with Crippen LogP contribution in [-0.4, -0.2) is 26.4 Å². The van der Waals surface area contributed by atoms with Gasteiger partial charge in [-0.1, -0.05) is 47.5 Å². The molecule has 0 aliphatic heterocycles. The lowest BCUT2D eigenvalue weighted by Gasteiger charge is -2.16. The van der Waals surface area contributed by atoms with E-state index in [9.17, 15) is 15.3 Å². The number of hydrogen-bond donors (Lipinski definition) is 3. The van der Waals surface area contributed by atoms with Crippen molar-refractivity contribution in [3.8, 4) is 12.1 Å². The Balaban J connectivity index is 2.07. The van der Waals surface area contributed by atoms with Gasteiger partial charge >= 0.3 is 0 Å². The zero-order chi connectivity index (χ0) is 23.3. The maximum atomic E-state index is 13.4. The number of nitrogens with two attached hydrogens (primary N) is 1. The van der Waals surface area contributed by atoms with Gasteiger partial charge in [-0.15, -0.1) is 0 Å². The first-order chi connectivity index (χ1) is 15.3.